The number of alkyl halides is 1. The van der Waals surface area contributed by atoms with Crippen molar-refractivity contribution in [3.8, 4) is 0 Å². The summed E-state index contributed by atoms with van der Waals surface area (Å²) in [6.45, 7) is 2.36. The second-order valence-corrected chi connectivity index (χ2v) is 5.82. The molecule has 0 saturated heterocycles. The fourth-order valence-corrected chi connectivity index (χ4v) is 4.84. The largest absolute Gasteiger partial charge is 0.0837 e. The van der Waals surface area contributed by atoms with Gasteiger partial charge in [-0.2, -0.15) is 0 Å². The SMILES string of the molecule is CC1=C2CC3(Br)C1CCCC23. The molecule has 0 N–H and O–H groups in total. The van der Waals surface area contributed by atoms with E-state index in [1.807, 2.05) is 5.57 Å². The van der Waals surface area contributed by atoms with E-state index in [0.29, 0.717) is 4.32 Å². The normalized spacial score (nSPS) is 52.9. The first kappa shape index (κ1) is 6.71. The van der Waals surface area contributed by atoms with E-state index in [-0.39, 0.29) is 0 Å². The summed E-state index contributed by atoms with van der Waals surface area (Å²) in [5.74, 6) is 1.86. The minimum absolute atomic E-state index is 0.560. The molecule has 2 fully saturated rings. The van der Waals surface area contributed by atoms with E-state index in [4.69, 9.17) is 0 Å². The number of hydrogen-bond donors (Lipinski definition) is 0. The summed E-state index contributed by atoms with van der Waals surface area (Å²) < 4.78 is 0.560. The van der Waals surface area contributed by atoms with Crippen LogP contribution in [0.5, 0.6) is 0 Å². The van der Waals surface area contributed by atoms with Gasteiger partial charge in [-0.25, -0.2) is 0 Å². The van der Waals surface area contributed by atoms with E-state index in [1.54, 1.807) is 5.57 Å². The van der Waals surface area contributed by atoms with Gasteiger partial charge in [-0.15, -0.1) is 0 Å². The van der Waals surface area contributed by atoms with Gasteiger partial charge in [0.1, 0.15) is 0 Å². The molecule has 60 valence electrons. The van der Waals surface area contributed by atoms with Crippen LogP contribution in [0.25, 0.3) is 0 Å². The Labute approximate surface area is 76.2 Å². The lowest BCUT2D eigenvalue weighted by molar-refractivity contribution is 0.227. The molecule has 4 rings (SSSR count). The van der Waals surface area contributed by atoms with E-state index in [2.05, 4.69) is 22.9 Å². The minimum atomic E-state index is 0.560. The Balaban J connectivity index is 2.12. The van der Waals surface area contributed by atoms with Crippen LogP contribution in [0.1, 0.15) is 32.6 Å². The molecule has 2 saturated carbocycles. The second kappa shape index (κ2) is 1.76. The molecular formula is C10H13Br. The Morgan fingerprint density at radius 1 is 1.36 bits per heavy atom. The summed E-state index contributed by atoms with van der Waals surface area (Å²) in [6.07, 6.45) is 5.73. The van der Waals surface area contributed by atoms with Crippen molar-refractivity contribution in [1.29, 1.82) is 0 Å². The molecule has 4 bridgehead atoms. The molecule has 4 aliphatic carbocycles. The summed E-state index contributed by atoms with van der Waals surface area (Å²) in [4.78, 5) is 0. The Kier molecular flexibility index (Phi) is 1.07. The quantitative estimate of drug-likeness (QED) is 0.428. The maximum Gasteiger partial charge on any atom is 0.0425 e. The Morgan fingerprint density at radius 2 is 2.09 bits per heavy atom. The lowest BCUT2D eigenvalue weighted by Crippen LogP contribution is -2.45. The first-order valence-corrected chi connectivity index (χ1v) is 5.41. The predicted octanol–water partition coefficient (Wildman–Crippen LogP) is 3.27. The lowest BCUT2D eigenvalue weighted by Gasteiger charge is -2.47. The molecule has 0 radical (unpaired) electrons. The van der Waals surface area contributed by atoms with Gasteiger partial charge in [0.2, 0.25) is 0 Å². The third-order valence-corrected chi connectivity index (χ3v) is 5.44. The number of halogens is 1. The first-order valence-electron chi connectivity index (χ1n) is 4.62. The van der Waals surface area contributed by atoms with Gasteiger partial charge in [0.05, 0.1) is 0 Å². The van der Waals surface area contributed by atoms with Crippen molar-refractivity contribution in [1.82, 2.24) is 0 Å². The van der Waals surface area contributed by atoms with E-state index in [9.17, 15) is 0 Å². The highest BCUT2D eigenvalue weighted by Gasteiger charge is 2.61. The molecule has 0 heterocycles. The molecule has 3 unspecified atom stereocenters. The van der Waals surface area contributed by atoms with Gasteiger partial charge in [0, 0.05) is 4.32 Å². The molecular weight excluding hydrogens is 200 g/mol. The molecule has 11 heavy (non-hydrogen) atoms. The van der Waals surface area contributed by atoms with Gasteiger partial charge in [-0.05, 0) is 38.0 Å². The van der Waals surface area contributed by atoms with Crippen molar-refractivity contribution in [3.63, 3.8) is 0 Å². The van der Waals surface area contributed by atoms with Gasteiger partial charge in [0.15, 0.2) is 0 Å². The van der Waals surface area contributed by atoms with Crippen LogP contribution < -0.4 is 0 Å². The summed E-state index contributed by atoms with van der Waals surface area (Å²) >= 11 is 3.95. The van der Waals surface area contributed by atoms with Crippen molar-refractivity contribution in [2.24, 2.45) is 11.8 Å². The molecule has 4 aliphatic rings. The number of hydrogen-bond acceptors (Lipinski definition) is 0. The molecule has 0 aromatic carbocycles. The van der Waals surface area contributed by atoms with Crippen LogP contribution in [0.3, 0.4) is 0 Å². The van der Waals surface area contributed by atoms with Crippen molar-refractivity contribution in [2.45, 2.75) is 36.9 Å². The maximum absolute atomic E-state index is 3.95. The van der Waals surface area contributed by atoms with E-state index >= 15 is 0 Å². The van der Waals surface area contributed by atoms with Gasteiger partial charge < -0.3 is 0 Å². The van der Waals surface area contributed by atoms with E-state index in [0.717, 1.165) is 11.8 Å². The topological polar surface area (TPSA) is 0 Å². The van der Waals surface area contributed by atoms with Crippen LogP contribution in [-0.4, -0.2) is 4.32 Å². The van der Waals surface area contributed by atoms with Crippen LogP contribution >= 0.6 is 15.9 Å². The van der Waals surface area contributed by atoms with Crippen LogP contribution in [0.2, 0.25) is 0 Å². The fourth-order valence-electron chi connectivity index (χ4n) is 3.46. The van der Waals surface area contributed by atoms with Gasteiger partial charge in [-0.1, -0.05) is 33.5 Å². The highest BCUT2D eigenvalue weighted by Crippen LogP contribution is 2.68. The van der Waals surface area contributed by atoms with Crippen LogP contribution in [-0.2, 0) is 0 Å². The lowest BCUT2D eigenvalue weighted by atomic mass is 9.65. The highest BCUT2D eigenvalue weighted by molar-refractivity contribution is 9.10. The van der Waals surface area contributed by atoms with Gasteiger partial charge >= 0.3 is 0 Å². The van der Waals surface area contributed by atoms with E-state index in [1.165, 1.54) is 25.7 Å². The standard InChI is InChI=1S/C10H13Br/c1-6-7-5-10(11)8(6)3-2-4-9(7)10/h8-9H,2-5H2,1H3. The first-order chi connectivity index (χ1) is 5.23. The minimum Gasteiger partial charge on any atom is -0.0837 e. The Hall–Kier alpha value is 0.220. The average Bonchev–Trinajstić information content (AvgIpc) is 2.20. The Morgan fingerprint density at radius 3 is 2.73 bits per heavy atom. The zero-order chi connectivity index (χ0) is 7.64. The average molecular weight is 213 g/mol. The highest BCUT2D eigenvalue weighted by atomic mass is 79.9. The zero-order valence-electron chi connectivity index (χ0n) is 6.86. The zero-order valence-corrected chi connectivity index (χ0v) is 8.45. The molecule has 1 heteroatoms. The molecule has 0 amide bonds. The monoisotopic (exact) mass is 212 g/mol. The third kappa shape index (κ3) is 0.557. The van der Waals surface area contributed by atoms with Crippen molar-refractivity contribution >= 4 is 15.9 Å². The molecule has 0 spiro atoms. The van der Waals surface area contributed by atoms with Crippen molar-refractivity contribution in [2.75, 3.05) is 0 Å². The number of allylic oxidation sites excluding steroid dienone is 2. The second-order valence-electron chi connectivity index (χ2n) is 4.35. The summed E-state index contributed by atoms with van der Waals surface area (Å²) in [5.41, 5.74) is 3.55. The van der Waals surface area contributed by atoms with Gasteiger partial charge in [0.25, 0.3) is 0 Å². The molecule has 0 aliphatic heterocycles. The maximum atomic E-state index is 3.95. The van der Waals surface area contributed by atoms with E-state index < -0.39 is 0 Å². The van der Waals surface area contributed by atoms with Crippen LogP contribution in [0.15, 0.2) is 11.1 Å². The summed E-state index contributed by atoms with van der Waals surface area (Å²) in [6, 6.07) is 0. The third-order valence-electron chi connectivity index (χ3n) is 4.06. The fraction of sp³-hybridized carbons (Fsp3) is 0.800. The smallest absolute Gasteiger partial charge is 0.0425 e. The molecule has 0 aromatic heterocycles. The Bertz CT molecular complexity index is 254. The number of rotatable bonds is 0. The molecule has 3 atom stereocenters. The van der Waals surface area contributed by atoms with Crippen molar-refractivity contribution in [3.05, 3.63) is 11.1 Å². The summed E-state index contributed by atoms with van der Waals surface area (Å²) in [7, 11) is 0. The summed E-state index contributed by atoms with van der Waals surface area (Å²) in [5, 5.41) is 0. The van der Waals surface area contributed by atoms with Crippen LogP contribution in [0.4, 0.5) is 0 Å². The van der Waals surface area contributed by atoms with Crippen LogP contribution in [0, 0.1) is 11.8 Å². The predicted molar refractivity (Wildman–Crippen MR) is 49.8 cm³/mol. The van der Waals surface area contributed by atoms with Crippen molar-refractivity contribution < 1.29 is 0 Å². The molecule has 0 nitrogen and oxygen atoms in total. The van der Waals surface area contributed by atoms with Gasteiger partial charge in [-0.3, -0.25) is 0 Å². The molecule has 0 aromatic rings.